The molecule has 0 atom stereocenters. The highest BCUT2D eigenvalue weighted by Crippen LogP contribution is 2.25. The number of halogens is 2. The van der Waals surface area contributed by atoms with E-state index in [0.29, 0.717) is 5.56 Å². The maximum atomic E-state index is 11.7. The monoisotopic (exact) mass is 506 g/mol. The average molecular weight is 506 g/mol. The maximum Gasteiger partial charge on any atom is 0.244 e. The van der Waals surface area contributed by atoms with Crippen molar-refractivity contribution in [3.63, 3.8) is 0 Å². The number of hydrazone groups is 1. The number of hydrogen-bond acceptors (Lipinski definition) is 3. The quantitative estimate of drug-likeness (QED) is 0.380. The van der Waals surface area contributed by atoms with Gasteiger partial charge in [-0.05, 0) is 62.9 Å². The molecule has 0 spiro atoms. The Labute approximate surface area is 149 Å². The number of amides is 1. The smallest absolute Gasteiger partial charge is 0.244 e. The number of nitrogens with zero attached hydrogens (tertiary/aromatic N) is 1. The SMILES string of the molecule is O=C(Cc1ccccc1)NN=Cc1cc(I)cc(I)c1O. The molecule has 0 aliphatic heterocycles. The molecule has 0 bridgehead atoms. The summed E-state index contributed by atoms with van der Waals surface area (Å²) in [7, 11) is 0. The minimum Gasteiger partial charge on any atom is -0.506 e. The van der Waals surface area contributed by atoms with Crippen LogP contribution >= 0.6 is 45.2 Å². The van der Waals surface area contributed by atoms with Crippen LogP contribution in [0.5, 0.6) is 5.75 Å². The zero-order chi connectivity index (χ0) is 15.2. The zero-order valence-electron chi connectivity index (χ0n) is 10.9. The van der Waals surface area contributed by atoms with E-state index in [-0.39, 0.29) is 18.1 Å². The third kappa shape index (κ3) is 4.95. The Morgan fingerprint density at radius 3 is 2.67 bits per heavy atom. The second-order valence-corrected chi connectivity index (χ2v) is 6.69. The summed E-state index contributed by atoms with van der Waals surface area (Å²) in [6.45, 7) is 0. The van der Waals surface area contributed by atoms with Crippen LogP contribution in [0.2, 0.25) is 0 Å². The maximum absolute atomic E-state index is 11.7. The zero-order valence-corrected chi connectivity index (χ0v) is 15.2. The molecular weight excluding hydrogens is 494 g/mol. The normalized spacial score (nSPS) is 10.8. The van der Waals surface area contributed by atoms with Gasteiger partial charge in [0, 0.05) is 9.13 Å². The second kappa shape index (κ2) is 7.74. The highest BCUT2D eigenvalue weighted by molar-refractivity contribution is 14.1. The first-order valence-corrected chi connectivity index (χ1v) is 8.26. The fraction of sp³-hybridized carbons (Fsp3) is 0.0667. The number of phenols is 1. The Balaban J connectivity index is 1.98. The first-order chi connectivity index (χ1) is 10.1. The summed E-state index contributed by atoms with van der Waals surface area (Å²) >= 11 is 4.21. The number of nitrogens with one attached hydrogen (secondary N) is 1. The highest BCUT2D eigenvalue weighted by Gasteiger charge is 2.05. The lowest BCUT2D eigenvalue weighted by Gasteiger charge is -2.03. The Morgan fingerprint density at radius 2 is 1.95 bits per heavy atom. The van der Waals surface area contributed by atoms with Crippen molar-refractivity contribution < 1.29 is 9.90 Å². The Bertz CT molecular complexity index is 673. The van der Waals surface area contributed by atoms with E-state index in [2.05, 4.69) is 55.7 Å². The standard InChI is InChI=1S/C15H12I2N2O2/c16-12-7-11(15(21)13(17)8-12)9-18-19-14(20)6-10-4-2-1-3-5-10/h1-5,7-9,21H,6H2,(H,19,20). The predicted octanol–water partition coefficient (Wildman–Crippen LogP) is 3.29. The fourth-order valence-corrected chi connectivity index (χ4v) is 3.57. The van der Waals surface area contributed by atoms with Gasteiger partial charge in [0.15, 0.2) is 0 Å². The minimum absolute atomic E-state index is 0.164. The summed E-state index contributed by atoms with van der Waals surface area (Å²) < 4.78 is 1.74. The molecule has 1 amide bonds. The predicted molar refractivity (Wildman–Crippen MR) is 99.4 cm³/mol. The molecular formula is C15H12I2N2O2. The summed E-state index contributed by atoms with van der Waals surface area (Å²) in [4.78, 5) is 11.7. The molecule has 21 heavy (non-hydrogen) atoms. The van der Waals surface area contributed by atoms with Crippen molar-refractivity contribution in [2.75, 3.05) is 0 Å². The molecule has 0 fully saturated rings. The van der Waals surface area contributed by atoms with Crippen molar-refractivity contribution >= 4 is 57.3 Å². The topological polar surface area (TPSA) is 61.7 Å². The van der Waals surface area contributed by atoms with Crippen LogP contribution in [0.25, 0.3) is 0 Å². The molecule has 0 aliphatic rings. The number of benzene rings is 2. The molecule has 108 valence electrons. The molecule has 0 saturated heterocycles. The van der Waals surface area contributed by atoms with Crippen LogP contribution in [0, 0.1) is 7.14 Å². The van der Waals surface area contributed by atoms with Crippen molar-refractivity contribution in [1.82, 2.24) is 5.43 Å². The molecule has 0 unspecified atom stereocenters. The van der Waals surface area contributed by atoms with E-state index in [1.54, 1.807) is 6.07 Å². The molecule has 2 aromatic rings. The van der Waals surface area contributed by atoms with E-state index < -0.39 is 0 Å². The Kier molecular flexibility index (Phi) is 5.97. The fourth-order valence-electron chi connectivity index (χ4n) is 1.68. The van der Waals surface area contributed by atoms with E-state index in [9.17, 15) is 9.90 Å². The van der Waals surface area contributed by atoms with Crippen LogP contribution in [0.15, 0.2) is 47.6 Å². The van der Waals surface area contributed by atoms with E-state index in [1.165, 1.54) is 6.21 Å². The Morgan fingerprint density at radius 1 is 1.24 bits per heavy atom. The number of hydrogen-bond donors (Lipinski definition) is 2. The molecule has 0 radical (unpaired) electrons. The van der Waals surface area contributed by atoms with Gasteiger partial charge in [-0.1, -0.05) is 30.3 Å². The number of phenolic OH excluding ortho intramolecular Hbond substituents is 1. The number of rotatable bonds is 4. The lowest BCUT2D eigenvalue weighted by Crippen LogP contribution is -2.19. The van der Waals surface area contributed by atoms with Crippen LogP contribution < -0.4 is 5.43 Å². The third-order valence-electron chi connectivity index (χ3n) is 2.66. The van der Waals surface area contributed by atoms with E-state index in [1.807, 2.05) is 36.4 Å². The van der Waals surface area contributed by atoms with Gasteiger partial charge < -0.3 is 5.11 Å². The second-order valence-electron chi connectivity index (χ2n) is 4.28. The van der Waals surface area contributed by atoms with Crippen molar-refractivity contribution in [3.05, 3.63) is 60.7 Å². The van der Waals surface area contributed by atoms with Crippen molar-refractivity contribution in [2.45, 2.75) is 6.42 Å². The van der Waals surface area contributed by atoms with E-state index in [0.717, 1.165) is 12.7 Å². The molecule has 0 aliphatic carbocycles. The molecule has 2 rings (SSSR count). The van der Waals surface area contributed by atoms with Gasteiger partial charge in [-0.25, -0.2) is 5.43 Å². The summed E-state index contributed by atoms with van der Waals surface area (Å²) in [5.74, 6) is -0.0330. The average Bonchev–Trinajstić information content (AvgIpc) is 2.45. The van der Waals surface area contributed by atoms with Gasteiger partial charge in [0.05, 0.1) is 16.2 Å². The first-order valence-electron chi connectivity index (χ1n) is 6.10. The molecule has 0 aromatic heterocycles. The number of aromatic hydroxyl groups is 1. The van der Waals surface area contributed by atoms with Crippen LogP contribution in [-0.2, 0) is 11.2 Å². The number of carbonyl (C=O) groups excluding carboxylic acids is 1. The molecule has 2 aromatic carbocycles. The van der Waals surface area contributed by atoms with Crippen molar-refractivity contribution in [1.29, 1.82) is 0 Å². The molecule has 6 heteroatoms. The lowest BCUT2D eigenvalue weighted by molar-refractivity contribution is -0.120. The van der Waals surface area contributed by atoms with Gasteiger partial charge in [0.1, 0.15) is 5.75 Å². The van der Waals surface area contributed by atoms with Gasteiger partial charge in [-0.3, -0.25) is 4.79 Å². The van der Waals surface area contributed by atoms with Gasteiger partial charge in [-0.15, -0.1) is 0 Å². The summed E-state index contributed by atoms with van der Waals surface area (Å²) in [5.41, 5.74) is 3.96. The molecule has 4 nitrogen and oxygen atoms in total. The van der Waals surface area contributed by atoms with E-state index in [4.69, 9.17) is 0 Å². The summed E-state index contributed by atoms with van der Waals surface area (Å²) in [6, 6.07) is 13.1. The lowest BCUT2D eigenvalue weighted by atomic mass is 10.1. The number of carbonyl (C=O) groups is 1. The largest absolute Gasteiger partial charge is 0.506 e. The molecule has 0 saturated carbocycles. The van der Waals surface area contributed by atoms with Crippen molar-refractivity contribution in [2.24, 2.45) is 5.10 Å². The van der Waals surface area contributed by atoms with Crippen LogP contribution in [0.1, 0.15) is 11.1 Å². The summed E-state index contributed by atoms with van der Waals surface area (Å²) in [6.07, 6.45) is 1.72. The minimum atomic E-state index is -0.197. The van der Waals surface area contributed by atoms with Gasteiger partial charge in [-0.2, -0.15) is 5.10 Å². The molecule has 0 heterocycles. The van der Waals surface area contributed by atoms with Crippen LogP contribution in [0.3, 0.4) is 0 Å². The third-order valence-corrected chi connectivity index (χ3v) is 4.10. The Hall–Kier alpha value is -1.16. The van der Waals surface area contributed by atoms with Gasteiger partial charge in [0.2, 0.25) is 5.91 Å². The van der Waals surface area contributed by atoms with Crippen LogP contribution in [-0.4, -0.2) is 17.2 Å². The molecule has 2 N–H and O–H groups in total. The van der Waals surface area contributed by atoms with E-state index >= 15 is 0 Å². The van der Waals surface area contributed by atoms with Crippen molar-refractivity contribution in [3.8, 4) is 5.75 Å². The van der Waals surface area contributed by atoms with Gasteiger partial charge in [0.25, 0.3) is 0 Å². The summed E-state index contributed by atoms with van der Waals surface area (Å²) in [5, 5.41) is 13.8. The highest BCUT2D eigenvalue weighted by atomic mass is 127. The van der Waals surface area contributed by atoms with Gasteiger partial charge >= 0.3 is 0 Å². The first kappa shape index (κ1) is 16.2. The van der Waals surface area contributed by atoms with Crippen LogP contribution in [0.4, 0.5) is 0 Å².